The molecule has 1 heterocycles. The fraction of sp³-hybridized carbons (Fsp3) is 0.538. The predicted octanol–water partition coefficient (Wildman–Crippen LogP) is 2.59. The monoisotopic (exact) mass is 240 g/mol. The molecule has 2 rings (SSSR count). The van der Waals surface area contributed by atoms with Crippen LogP contribution in [0.2, 0.25) is 0 Å². The van der Waals surface area contributed by atoms with Crippen molar-refractivity contribution in [2.24, 2.45) is 5.73 Å². The summed E-state index contributed by atoms with van der Waals surface area (Å²) in [5, 5.41) is 0. The van der Waals surface area contributed by atoms with Crippen molar-refractivity contribution in [1.82, 2.24) is 4.90 Å². The number of rotatable bonds is 3. The topological polar surface area (TPSA) is 29.3 Å². The maximum absolute atomic E-state index is 5.95. The van der Waals surface area contributed by atoms with Crippen molar-refractivity contribution in [3.05, 3.63) is 35.9 Å². The standard InChI is InChI=1S/C13H20N2.ClH/c1-2-13(11-6-4-3-5-7-11)15-9-8-12(14)10-15;/h3-7,12-13H,2,8-10,14H2,1H3;1H/t12-,13?;/m1./s1. The van der Waals surface area contributed by atoms with Gasteiger partial charge in [0, 0.05) is 25.2 Å². The van der Waals surface area contributed by atoms with Gasteiger partial charge in [-0.2, -0.15) is 0 Å². The number of hydrogen-bond donors (Lipinski definition) is 1. The molecule has 1 saturated heterocycles. The van der Waals surface area contributed by atoms with Crippen LogP contribution in [0.25, 0.3) is 0 Å². The molecule has 0 saturated carbocycles. The lowest BCUT2D eigenvalue weighted by molar-refractivity contribution is 0.236. The second-order valence-corrected chi connectivity index (χ2v) is 4.38. The summed E-state index contributed by atoms with van der Waals surface area (Å²) in [7, 11) is 0. The van der Waals surface area contributed by atoms with Gasteiger partial charge in [-0.05, 0) is 18.4 Å². The molecule has 3 heteroatoms. The van der Waals surface area contributed by atoms with Crippen LogP contribution in [0.1, 0.15) is 31.4 Å². The van der Waals surface area contributed by atoms with Gasteiger partial charge in [0.25, 0.3) is 0 Å². The van der Waals surface area contributed by atoms with E-state index in [0.717, 1.165) is 25.9 Å². The largest absolute Gasteiger partial charge is 0.326 e. The molecule has 1 aromatic carbocycles. The zero-order valence-corrected chi connectivity index (χ0v) is 10.6. The van der Waals surface area contributed by atoms with Crippen molar-refractivity contribution in [3.8, 4) is 0 Å². The Labute approximate surface area is 104 Å². The minimum absolute atomic E-state index is 0. The first-order chi connectivity index (χ1) is 7.31. The Morgan fingerprint density at radius 2 is 2.06 bits per heavy atom. The molecule has 1 unspecified atom stereocenters. The summed E-state index contributed by atoms with van der Waals surface area (Å²) >= 11 is 0. The Bertz CT molecular complexity index is 302. The average Bonchev–Trinajstić information content (AvgIpc) is 2.68. The normalized spacial score (nSPS) is 22.8. The highest BCUT2D eigenvalue weighted by Gasteiger charge is 2.25. The molecule has 2 N–H and O–H groups in total. The molecule has 2 nitrogen and oxygen atoms in total. The van der Waals surface area contributed by atoms with Gasteiger partial charge in [0.15, 0.2) is 0 Å². The van der Waals surface area contributed by atoms with E-state index in [9.17, 15) is 0 Å². The maximum atomic E-state index is 5.95. The van der Waals surface area contributed by atoms with E-state index in [4.69, 9.17) is 5.73 Å². The number of hydrogen-bond acceptors (Lipinski definition) is 2. The Hall–Kier alpha value is -0.570. The average molecular weight is 241 g/mol. The van der Waals surface area contributed by atoms with Gasteiger partial charge >= 0.3 is 0 Å². The quantitative estimate of drug-likeness (QED) is 0.880. The SMILES string of the molecule is CCC(c1ccccc1)N1CC[C@@H](N)C1.Cl. The van der Waals surface area contributed by atoms with Crippen LogP contribution in [-0.2, 0) is 0 Å². The summed E-state index contributed by atoms with van der Waals surface area (Å²) in [5.74, 6) is 0. The highest BCUT2D eigenvalue weighted by Crippen LogP contribution is 2.27. The zero-order chi connectivity index (χ0) is 10.7. The summed E-state index contributed by atoms with van der Waals surface area (Å²) in [4.78, 5) is 2.51. The van der Waals surface area contributed by atoms with Gasteiger partial charge in [0.1, 0.15) is 0 Å². The van der Waals surface area contributed by atoms with Crippen LogP contribution in [0.4, 0.5) is 0 Å². The maximum Gasteiger partial charge on any atom is 0.0346 e. The number of nitrogens with zero attached hydrogens (tertiary/aromatic N) is 1. The number of likely N-dealkylation sites (tertiary alicyclic amines) is 1. The summed E-state index contributed by atoms with van der Waals surface area (Å²) in [6, 6.07) is 11.7. The molecule has 0 aromatic heterocycles. The summed E-state index contributed by atoms with van der Waals surface area (Å²) in [6.07, 6.45) is 2.31. The molecule has 1 aliphatic heterocycles. The van der Waals surface area contributed by atoms with Crippen molar-refractivity contribution in [1.29, 1.82) is 0 Å². The summed E-state index contributed by atoms with van der Waals surface area (Å²) < 4.78 is 0. The van der Waals surface area contributed by atoms with Crippen molar-refractivity contribution >= 4 is 12.4 Å². The first kappa shape index (κ1) is 13.5. The third-order valence-electron chi connectivity index (χ3n) is 3.27. The molecule has 1 aliphatic rings. The van der Waals surface area contributed by atoms with Crippen LogP contribution in [0.5, 0.6) is 0 Å². The van der Waals surface area contributed by atoms with Gasteiger partial charge in [-0.15, -0.1) is 12.4 Å². The molecule has 0 spiro atoms. The van der Waals surface area contributed by atoms with Crippen LogP contribution in [0.3, 0.4) is 0 Å². The second-order valence-electron chi connectivity index (χ2n) is 4.38. The molecule has 16 heavy (non-hydrogen) atoms. The van der Waals surface area contributed by atoms with Gasteiger partial charge in [0.2, 0.25) is 0 Å². The van der Waals surface area contributed by atoms with E-state index in [-0.39, 0.29) is 12.4 Å². The molecule has 0 radical (unpaired) electrons. The summed E-state index contributed by atoms with van der Waals surface area (Å²) in [5.41, 5.74) is 7.38. The second kappa shape index (κ2) is 6.24. The van der Waals surface area contributed by atoms with Crippen LogP contribution in [-0.4, -0.2) is 24.0 Å². The third kappa shape index (κ3) is 2.97. The van der Waals surface area contributed by atoms with E-state index < -0.39 is 0 Å². The van der Waals surface area contributed by atoms with E-state index in [0.29, 0.717) is 12.1 Å². The van der Waals surface area contributed by atoms with Crippen molar-refractivity contribution in [3.63, 3.8) is 0 Å². The smallest absolute Gasteiger partial charge is 0.0346 e. The molecule has 2 atom stereocenters. The lowest BCUT2D eigenvalue weighted by Crippen LogP contribution is -2.29. The fourth-order valence-electron chi connectivity index (χ4n) is 2.48. The fourth-order valence-corrected chi connectivity index (χ4v) is 2.48. The molecule has 90 valence electrons. The van der Waals surface area contributed by atoms with Gasteiger partial charge in [0.05, 0.1) is 0 Å². The lowest BCUT2D eigenvalue weighted by Gasteiger charge is -2.27. The number of benzene rings is 1. The first-order valence-electron chi connectivity index (χ1n) is 5.86. The molecule has 1 fully saturated rings. The first-order valence-corrected chi connectivity index (χ1v) is 5.86. The minimum atomic E-state index is 0. The van der Waals surface area contributed by atoms with E-state index in [2.05, 4.69) is 42.2 Å². The predicted molar refractivity (Wildman–Crippen MR) is 70.9 cm³/mol. The molecule has 0 amide bonds. The van der Waals surface area contributed by atoms with Gasteiger partial charge < -0.3 is 5.73 Å². The van der Waals surface area contributed by atoms with Crippen molar-refractivity contribution in [2.45, 2.75) is 31.8 Å². The van der Waals surface area contributed by atoms with Gasteiger partial charge in [-0.3, -0.25) is 4.90 Å². The highest BCUT2D eigenvalue weighted by molar-refractivity contribution is 5.85. The minimum Gasteiger partial charge on any atom is -0.326 e. The van der Waals surface area contributed by atoms with Crippen molar-refractivity contribution in [2.75, 3.05) is 13.1 Å². The molecule has 0 bridgehead atoms. The Morgan fingerprint density at radius 3 is 2.56 bits per heavy atom. The third-order valence-corrected chi connectivity index (χ3v) is 3.27. The van der Waals surface area contributed by atoms with Crippen LogP contribution in [0.15, 0.2) is 30.3 Å². The van der Waals surface area contributed by atoms with E-state index >= 15 is 0 Å². The van der Waals surface area contributed by atoms with Crippen LogP contribution in [0, 0.1) is 0 Å². The number of halogens is 1. The molecule has 1 aromatic rings. The molecule has 0 aliphatic carbocycles. The summed E-state index contributed by atoms with van der Waals surface area (Å²) in [6.45, 7) is 4.45. The Morgan fingerprint density at radius 1 is 1.38 bits per heavy atom. The van der Waals surface area contributed by atoms with Gasteiger partial charge in [-0.25, -0.2) is 0 Å². The number of nitrogens with two attached hydrogens (primary N) is 1. The Kier molecular flexibility index (Phi) is 5.26. The van der Waals surface area contributed by atoms with Gasteiger partial charge in [-0.1, -0.05) is 37.3 Å². The van der Waals surface area contributed by atoms with Crippen LogP contribution >= 0.6 is 12.4 Å². The van der Waals surface area contributed by atoms with E-state index in [1.807, 2.05) is 0 Å². The zero-order valence-electron chi connectivity index (χ0n) is 9.80. The van der Waals surface area contributed by atoms with E-state index in [1.165, 1.54) is 5.56 Å². The lowest BCUT2D eigenvalue weighted by atomic mass is 10.0. The van der Waals surface area contributed by atoms with Crippen molar-refractivity contribution < 1.29 is 0 Å². The Balaban J connectivity index is 0.00000128. The molecular weight excluding hydrogens is 220 g/mol. The van der Waals surface area contributed by atoms with Crippen LogP contribution < -0.4 is 5.73 Å². The molecular formula is C13H21ClN2. The highest BCUT2D eigenvalue weighted by atomic mass is 35.5. The van der Waals surface area contributed by atoms with E-state index in [1.54, 1.807) is 0 Å².